The number of aryl methyl sites for hydroxylation is 1. The topological polar surface area (TPSA) is 92.9 Å². The van der Waals surface area contributed by atoms with Crippen LogP contribution in [0.3, 0.4) is 0 Å². The standard InChI is InChI=1S/C20H22BrN5O2/c1-3-6-26-10-15-18(23-20(22-9-11(2)27)24-19(15)25-26)17-14-8-13(21)5-4-12(14)7-16(17)28/h4-5,8,10-11,17,27H,3,6-7,9H2,1-2H3,(H,22,24,25)/t11-,17?/m0/s1. The third-order valence-electron chi connectivity index (χ3n) is 4.84. The summed E-state index contributed by atoms with van der Waals surface area (Å²) in [4.78, 5) is 22.1. The van der Waals surface area contributed by atoms with Crippen molar-refractivity contribution in [3.05, 3.63) is 45.7 Å². The highest BCUT2D eigenvalue weighted by atomic mass is 79.9. The Morgan fingerprint density at radius 1 is 1.39 bits per heavy atom. The first-order valence-corrected chi connectivity index (χ1v) is 10.2. The molecule has 2 atom stereocenters. The Bertz CT molecular complexity index is 1050. The molecule has 28 heavy (non-hydrogen) atoms. The molecule has 1 aliphatic carbocycles. The molecule has 4 rings (SSSR count). The number of nitrogens with zero attached hydrogens (tertiary/aromatic N) is 4. The van der Waals surface area contributed by atoms with E-state index in [-0.39, 0.29) is 5.78 Å². The number of rotatable bonds is 6. The molecule has 2 aromatic heterocycles. The van der Waals surface area contributed by atoms with Crippen molar-refractivity contribution >= 4 is 38.7 Å². The lowest BCUT2D eigenvalue weighted by Crippen LogP contribution is -2.18. The SMILES string of the molecule is CCCn1cc2c(C3C(=O)Cc4ccc(Br)cc43)nc(NC[C@H](C)O)nc2n1. The zero-order valence-electron chi connectivity index (χ0n) is 15.8. The molecule has 0 bridgehead atoms. The van der Waals surface area contributed by atoms with Gasteiger partial charge in [0.25, 0.3) is 0 Å². The Morgan fingerprint density at radius 2 is 2.21 bits per heavy atom. The summed E-state index contributed by atoms with van der Waals surface area (Å²) in [6, 6.07) is 5.94. The molecule has 8 heteroatoms. The van der Waals surface area contributed by atoms with Gasteiger partial charge in [0, 0.05) is 30.2 Å². The Hall–Kier alpha value is -2.32. The van der Waals surface area contributed by atoms with Crippen LogP contribution in [0.1, 0.15) is 43.0 Å². The number of carbonyl (C=O) groups excluding carboxylic acids is 1. The number of hydrogen-bond donors (Lipinski definition) is 2. The Morgan fingerprint density at radius 3 is 2.96 bits per heavy atom. The summed E-state index contributed by atoms with van der Waals surface area (Å²) in [6.45, 7) is 4.87. The molecule has 2 N–H and O–H groups in total. The van der Waals surface area contributed by atoms with E-state index in [0.717, 1.165) is 34.0 Å². The van der Waals surface area contributed by atoms with Crippen LogP contribution in [0.15, 0.2) is 28.9 Å². The number of benzene rings is 1. The van der Waals surface area contributed by atoms with Gasteiger partial charge in [-0.05, 0) is 36.6 Å². The van der Waals surface area contributed by atoms with Crippen LogP contribution >= 0.6 is 15.9 Å². The fraction of sp³-hybridized carbons (Fsp3) is 0.400. The number of halogens is 1. The number of aliphatic hydroxyl groups is 1. The smallest absolute Gasteiger partial charge is 0.225 e. The highest BCUT2D eigenvalue weighted by molar-refractivity contribution is 9.10. The number of carbonyl (C=O) groups is 1. The van der Waals surface area contributed by atoms with Crippen molar-refractivity contribution in [2.24, 2.45) is 0 Å². The molecule has 1 aliphatic rings. The van der Waals surface area contributed by atoms with Gasteiger partial charge in [0.2, 0.25) is 5.95 Å². The van der Waals surface area contributed by atoms with Crippen molar-refractivity contribution in [3.63, 3.8) is 0 Å². The van der Waals surface area contributed by atoms with E-state index < -0.39 is 12.0 Å². The number of fused-ring (bicyclic) bond motifs is 2. The summed E-state index contributed by atoms with van der Waals surface area (Å²) in [5.41, 5.74) is 3.23. The fourth-order valence-electron chi connectivity index (χ4n) is 3.61. The lowest BCUT2D eigenvalue weighted by atomic mass is 9.95. The molecule has 7 nitrogen and oxygen atoms in total. The average molecular weight is 444 g/mol. The van der Waals surface area contributed by atoms with Gasteiger partial charge in [-0.3, -0.25) is 9.48 Å². The maximum atomic E-state index is 12.9. The second kappa shape index (κ2) is 7.60. The lowest BCUT2D eigenvalue weighted by molar-refractivity contribution is -0.118. The van der Waals surface area contributed by atoms with Gasteiger partial charge in [0.05, 0.1) is 23.1 Å². The van der Waals surface area contributed by atoms with Crippen molar-refractivity contribution < 1.29 is 9.90 Å². The van der Waals surface area contributed by atoms with Crippen molar-refractivity contribution in [1.29, 1.82) is 0 Å². The minimum Gasteiger partial charge on any atom is -0.392 e. The zero-order valence-corrected chi connectivity index (χ0v) is 17.4. The molecule has 146 valence electrons. The lowest BCUT2D eigenvalue weighted by Gasteiger charge is -2.14. The summed E-state index contributed by atoms with van der Waals surface area (Å²) in [7, 11) is 0. The molecule has 0 radical (unpaired) electrons. The molecule has 0 fully saturated rings. The maximum Gasteiger partial charge on any atom is 0.225 e. The van der Waals surface area contributed by atoms with E-state index in [9.17, 15) is 9.90 Å². The number of hydrogen-bond acceptors (Lipinski definition) is 6. The molecule has 1 unspecified atom stereocenters. The number of Topliss-reactive ketones (excluding diaryl/α,β-unsaturated/α-hetero) is 1. The summed E-state index contributed by atoms with van der Waals surface area (Å²) in [5, 5.41) is 18.0. The molecule has 0 amide bonds. The first kappa shape index (κ1) is 19.0. The van der Waals surface area contributed by atoms with Gasteiger partial charge < -0.3 is 10.4 Å². The van der Waals surface area contributed by atoms with Crippen LogP contribution in [0.4, 0.5) is 5.95 Å². The number of ketones is 1. The van der Waals surface area contributed by atoms with Crippen molar-refractivity contribution in [1.82, 2.24) is 19.7 Å². The van der Waals surface area contributed by atoms with Crippen molar-refractivity contribution in [2.75, 3.05) is 11.9 Å². The number of anilines is 1. The molecular weight excluding hydrogens is 422 g/mol. The van der Waals surface area contributed by atoms with E-state index in [1.807, 2.05) is 29.1 Å². The van der Waals surface area contributed by atoms with Gasteiger partial charge in [-0.2, -0.15) is 10.1 Å². The Balaban J connectivity index is 1.87. The first-order valence-electron chi connectivity index (χ1n) is 9.44. The van der Waals surface area contributed by atoms with Crippen molar-refractivity contribution in [2.45, 2.75) is 45.3 Å². The highest BCUT2D eigenvalue weighted by Gasteiger charge is 2.35. The predicted octanol–water partition coefficient (Wildman–Crippen LogP) is 3.05. The Labute approximate surface area is 171 Å². The molecule has 2 heterocycles. The molecule has 1 aromatic carbocycles. The molecular formula is C20H22BrN5O2. The predicted molar refractivity (Wildman–Crippen MR) is 110 cm³/mol. The van der Waals surface area contributed by atoms with E-state index in [4.69, 9.17) is 0 Å². The monoisotopic (exact) mass is 443 g/mol. The van der Waals surface area contributed by atoms with E-state index >= 15 is 0 Å². The summed E-state index contributed by atoms with van der Waals surface area (Å²) in [5.74, 6) is 0.0589. The Kier molecular flexibility index (Phi) is 5.16. The third-order valence-corrected chi connectivity index (χ3v) is 5.34. The quantitative estimate of drug-likeness (QED) is 0.607. The number of nitrogens with one attached hydrogen (secondary N) is 1. The van der Waals surface area contributed by atoms with Gasteiger partial charge in [-0.1, -0.05) is 28.9 Å². The van der Waals surface area contributed by atoms with Gasteiger partial charge in [-0.25, -0.2) is 4.98 Å². The van der Waals surface area contributed by atoms with E-state index in [2.05, 4.69) is 43.2 Å². The van der Waals surface area contributed by atoms with E-state index in [1.165, 1.54) is 0 Å². The second-order valence-electron chi connectivity index (χ2n) is 7.21. The van der Waals surface area contributed by atoms with Crippen molar-refractivity contribution in [3.8, 4) is 0 Å². The van der Waals surface area contributed by atoms with Gasteiger partial charge in [-0.15, -0.1) is 0 Å². The molecule has 0 spiro atoms. The molecule has 0 saturated carbocycles. The van der Waals surface area contributed by atoms with Crippen LogP contribution in [0, 0.1) is 0 Å². The van der Waals surface area contributed by atoms with Gasteiger partial charge >= 0.3 is 0 Å². The van der Waals surface area contributed by atoms with Crippen LogP contribution in [0.5, 0.6) is 0 Å². The van der Waals surface area contributed by atoms with Crippen LogP contribution in [-0.4, -0.2) is 43.3 Å². The molecule has 3 aromatic rings. The second-order valence-corrected chi connectivity index (χ2v) is 8.13. The van der Waals surface area contributed by atoms with E-state index in [0.29, 0.717) is 30.3 Å². The van der Waals surface area contributed by atoms with Crippen LogP contribution in [0.25, 0.3) is 11.0 Å². The molecule has 0 saturated heterocycles. The van der Waals surface area contributed by atoms with Crippen LogP contribution in [0.2, 0.25) is 0 Å². The maximum absolute atomic E-state index is 12.9. The minimum atomic E-state index is -0.537. The largest absolute Gasteiger partial charge is 0.392 e. The number of aliphatic hydroxyl groups excluding tert-OH is 1. The summed E-state index contributed by atoms with van der Waals surface area (Å²) >= 11 is 3.51. The normalized spacial score (nSPS) is 17.1. The first-order chi connectivity index (χ1) is 13.5. The fourth-order valence-corrected chi connectivity index (χ4v) is 3.99. The molecule has 0 aliphatic heterocycles. The van der Waals surface area contributed by atoms with Gasteiger partial charge in [0.15, 0.2) is 11.4 Å². The summed E-state index contributed by atoms with van der Waals surface area (Å²) in [6.07, 6.45) is 2.74. The number of aromatic nitrogens is 4. The van der Waals surface area contributed by atoms with Crippen LogP contribution in [-0.2, 0) is 17.8 Å². The van der Waals surface area contributed by atoms with Crippen LogP contribution < -0.4 is 5.32 Å². The van der Waals surface area contributed by atoms with Gasteiger partial charge in [0.1, 0.15) is 0 Å². The zero-order chi connectivity index (χ0) is 19.8. The highest BCUT2D eigenvalue weighted by Crippen LogP contribution is 2.39. The summed E-state index contributed by atoms with van der Waals surface area (Å²) < 4.78 is 2.79. The third kappa shape index (κ3) is 3.54. The van der Waals surface area contributed by atoms with E-state index in [1.54, 1.807) is 6.92 Å². The minimum absolute atomic E-state index is 0.123. The average Bonchev–Trinajstić information content (AvgIpc) is 3.19.